The summed E-state index contributed by atoms with van der Waals surface area (Å²) in [4.78, 5) is 27.3. The van der Waals surface area contributed by atoms with Crippen molar-refractivity contribution in [2.24, 2.45) is 0 Å². The van der Waals surface area contributed by atoms with Crippen molar-refractivity contribution in [3.8, 4) is 5.75 Å². The molecule has 1 N–H and O–H groups in total. The van der Waals surface area contributed by atoms with Crippen molar-refractivity contribution in [3.63, 3.8) is 0 Å². The molecule has 0 fully saturated rings. The van der Waals surface area contributed by atoms with E-state index in [4.69, 9.17) is 4.74 Å². The highest BCUT2D eigenvalue weighted by molar-refractivity contribution is 6.16. The van der Waals surface area contributed by atoms with E-state index < -0.39 is 17.7 Å². The minimum absolute atomic E-state index is 0.0191. The molecule has 3 rings (SSSR count). The van der Waals surface area contributed by atoms with Crippen molar-refractivity contribution < 1.29 is 19.4 Å². The van der Waals surface area contributed by atoms with E-state index >= 15 is 0 Å². The molecule has 1 unspecified atom stereocenters. The van der Waals surface area contributed by atoms with Crippen LogP contribution in [-0.2, 0) is 15.0 Å². The number of Topliss-reactive ketones (excluding diaryl/α,β-unsaturated/α-hetero) is 1. The molecule has 5 nitrogen and oxygen atoms in total. The van der Waals surface area contributed by atoms with Crippen LogP contribution >= 0.6 is 0 Å². The number of ether oxygens (including phenoxy) is 1. The molecule has 0 aliphatic carbocycles. The van der Waals surface area contributed by atoms with Gasteiger partial charge in [-0.2, -0.15) is 0 Å². The van der Waals surface area contributed by atoms with Crippen molar-refractivity contribution in [3.05, 3.63) is 71.0 Å². The Balaban J connectivity index is 2.10. The lowest BCUT2D eigenvalue weighted by molar-refractivity contribution is -0.118. The third kappa shape index (κ3) is 4.50. The Kier molecular flexibility index (Phi) is 6.54. The standard InChI is InChI=1S/C26H31NO4/c1-6-15-31-20-10-8-9-19(16-20)27-23(22(21(28)7-2)24(29)25(27)30)17-11-13-18(14-12-17)26(3,4)5/h8-14,16,23,29H,6-7,15H2,1-5H3. The Hall–Kier alpha value is -3.08. The molecular weight excluding hydrogens is 390 g/mol. The summed E-state index contributed by atoms with van der Waals surface area (Å²) in [5.41, 5.74) is 2.64. The van der Waals surface area contributed by atoms with E-state index in [0.717, 1.165) is 17.5 Å². The fourth-order valence-electron chi connectivity index (χ4n) is 3.77. The number of rotatable bonds is 7. The van der Waals surface area contributed by atoms with Gasteiger partial charge in [-0.3, -0.25) is 14.5 Å². The first kappa shape index (κ1) is 22.6. The molecule has 5 heteroatoms. The monoisotopic (exact) mass is 421 g/mol. The number of hydrogen-bond acceptors (Lipinski definition) is 4. The average molecular weight is 422 g/mol. The molecule has 0 aromatic heterocycles. The summed E-state index contributed by atoms with van der Waals surface area (Å²) in [7, 11) is 0. The number of carbonyl (C=O) groups is 2. The number of ketones is 1. The normalized spacial score (nSPS) is 16.7. The second-order valence-electron chi connectivity index (χ2n) is 8.83. The van der Waals surface area contributed by atoms with Crippen LogP contribution in [0, 0.1) is 0 Å². The SMILES string of the molecule is CCCOc1cccc(N2C(=O)C(O)=C(C(=O)CC)C2c2ccc(C(C)(C)C)cc2)c1. The molecule has 31 heavy (non-hydrogen) atoms. The van der Waals surface area contributed by atoms with Crippen molar-refractivity contribution in [1.29, 1.82) is 0 Å². The first-order valence-electron chi connectivity index (χ1n) is 10.8. The fourth-order valence-corrected chi connectivity index (χ4v) is 3.77. The van der Waals surface area contributed by atoms with Gasteiger partial charge in [0.1, 0.15) is 5.75 Å². The Morgan fingerprint density at radius 3 is 2.35 bits per heavy atom. The predicted molar refractivity (Wildman–Crippen MR) is 123 cm³/mol. The lowest BCUT2D eigenvalue weighted by Gasteiger charge is -2.28. The van der Waals surface area contributed by atoms with Gasteiger partial charge in [-0.25, -0.2) is 0 Å². The third-order valence-corrected chi connectivity index (χ3v) is 5.49. The highest BCUT2D eigenvalue weighted by Crippen LogP contribution is 2.42. The zero-order valence-corrected chi connectivity index (χ0v) is 18.9. The number of anilines is 1. The molecule has 1 aliphatic rings. The zero-order valence-electron chi connectivity index (χ0n) is 18.9. The van der Waals surface area contributed by atoms with Crippen LogP contribution in [0.3, 0.4) is 0 Å². The van der Waals surface area contributed by atoms with Crippen LogP contribution in [0.4, 0.5) is 5.69 Å². The summed E-state index contributed by atoms with van der Waals surface area (Å²) in [6, 6.07) is 14.4. The maximum Gasteiger partial charge on any atom is 0.294 e. The first-order chi connectivity index (χ1) is 14.7. The van der Waals surface area contributed by atoms with Gasteiger partial charge in [-0.1, -0.05) is 65.0 Å². The predicted octanol–water partition coefficient (Wildman–Crippen LogP) is 5.65. The van der Waals surface area contributed by atoms with Gasteiger partial charge in [0.2, 0.25) is 0 Å². The molecule has 1 aliphatic heterocycles. The average Bonchev–Trinajstić information content (AvgIpc) is 3.02. The molecule has 0 bridgehead atoms. The van der Waals surface area contributed by atoms with Gasteiger partial charge in [0, 0.05) is 18.2 Å². The molecule has 2 aromatic rings. The Bertz CT molecular complexity index is 999. The highest BCUT2D eigenvalue weighted by atomic mass is 16.5. The van der Waals surface area contributed by atoms with Crippen LogP contribution in [0.1, 0.15) is 64.6 Å². The van der Waals surface area contributed by atoms with Crippen molar-refractivity contribution in [1.82, 2.24) is 0 Å². The summed E-state index contributed by atoms with van der Waals surface area (Å²) in [6.07, 6.45) is 1.07. The molecule has 0 spiro atoms. The fraction of sp³-hybridized carbons (Fsp3) is 0.385. The quantitative estimate of drug-likeness (QED) is 0.627. The lowest BCUT2D eigenvalue weighted by Crippen LogP contribution is -2.31. The van der Waals surface area contributed by atoms with Crippen LogP contribution in [0.15, 0.2) is 59.9 Å². The van der Waals surface area contributed by atoms with Crippen molar-refractivity contribution >= 4 is 17.4 Å². The Morgan fingerprint density at radius 1 is 1.10 bits per heavy atom. The number of aliphatic hydroxyl groups is 1. The van der Waals surface area contributed by atoms with Gasteiger partial charge in [0.05, 0.1) is 18.2 Å². The molecule has 0 radical (unpaired) electrons. The van der Waals surface area contributed by atoms with E-state index in [1.54, 1.807) is 19.1 Å². The molecule has 164 valence electrons. The first-order valence-corrected chi connectivity index (χ1v) is 10.8. The molecule has 0 saturated carbocycles. The van der Waals surface area contributed by atoms with Gasteiger partial charge in [0.15, 0.2) is 11.5 Å². The van der Waals surface area contributed by atoms with E-state index in [1.165, 1.54) is 4.90 Å². The lowest BCUT2D eigenvalue weighted by atomic mass is 9.85. The number of nitrogens with zero attached hydrogens (tertiary/aromatic N) is 1. The van der Waals surface area contributed by atoms with Gasteiger partial charge in [0.25, 0.3) is 5.91 Å². The molecule has 2 aromatic carbocycles. The van der Waals surface area contributed by atoms with Crippen LogP contribution in [0.2, 0.25) is 0 Å². The second-order valence-corrected chi connectivity index (χ2v) is 8.83. The van der Waals surface area contributed by atoms with Gasteiger partial charge < -0.3 is 9.84 Å². The highest BCUT2D eigenvalue weighted by Gasteiger charge is 2.44. The van der Waals surface area contributed by atoms with Crippen molar-refractivity contribution in [2.75, 3.05) is 11.5 Å². The van der Waals surface area contributed by atoms with Crippen LogP contribution < -0.4 is 9.64 Å². The van der Waals surface area contributed by atoms with Crippen molar-refractivity contribution in [2.45, 2.75) is 58.9 Å². The summed E-state index contributed by atoms with van der Waals surface area (Å²) < 4.78 is 5.73. The van der Waals surface area contributed by atoms with Crippen LogP contribution in [0.5, 0.6) is 5.75 Å². The van der Waals surface area contributed by atoms with Gasteiger partial charge >= 0.3 is 0 Å². The topological polar surface area (TPSA) is 66.8 Å². The van der Waals surface area contributed by atoms with Crippen LogP contribution in [-0.4, -0.2) is 23.4 Å². The summed E-state index contributed by atoms with van der Waals surface area (Å²) in [5, 5.41) is 10.7. The van der Waals surface area contributed by atoms with E-state index in [0.29, 0.717) is 18.0 Å². The summed E-state index contributed by atoms with van der Waals surface area (Å²) in [6.45, 7) is 10.7. The van der Waals surface area contributed by atoms with Gasteiger partial charge in [-0.15, -0.1) is 0 Å². The second kappa shape index (κ2) is 8.96. The smallest absolute Gasteiger partial charge is 0.294 e. The largest absolute Gasteiger partial charge is 0.503 e. The van der Waals surface area contributed by atoms with E-state index in [9.17, 15) is 14.7 Å². The van der Waals surface area contributed by atoms with E-state index in [2.05, 4.69) is 20.8 Å². The Morgan fingerprint density at radius 2 is 1.77 bits per heavy atom. The molecule has 1 atom stereocenters. The minimum atomic E-state index is -0.685. The number of benzene rings is 2. The maximum absolute atomic E-state index is 13.1. The number of amides is 1. The number of carbonyl (C=O) groups excluding carboxylic acids is 2. The number of aliphatic hydroxyl groups excluding tert-OH is 1. The molecule has 1 amide bonds. The zero-order chi connectivity index (χ0) is 22.8. The Labute approximate surface area is 184 Å². The third-order valence-electron chi connectivity index (χ3n) is 5.49. The molecular formula is C26H31NO4. The number of hydrogen-bond donors (Lipinski definition) is 1. The summed E-state index contributed by atoms with van der Waals surface area (Å²) >= 11 is 0. The maximum atomic E-state index is 13.1. The summed E-state index contributed by atoms with van der Waals surface area (Å²) in [5.74, 6) is -0.647. The van der Waals surface area contributed by atoms with E-state index in [-0.39, 0.29) is 23.2 Å². The van der Waals surface area contributed by atoms with E-state index in [1.807, 2.05) is 43.3 Å². The van der Waals surface area contributed by atoms with Gasteiger partial charge in [-0.05, 0) is 35.1 Å². The molecule has 0 saturated heterocycles. The molecule has 1 heterocycles. The minimum Gasteiger partial charge on any atom is -0.503 e. The van der Waals surface area contributed by atoms with Crippen LogP contribution in [0.25, 0.3) is 0 Å².